The van der Waals surface area contributed by atoms with Crippen molar-refractivity contribution in [3.05, 3.63) is 76.9 Å². The van der Waals surface area contributed by atoms with Crippen molar-refractivity contribution in [3.8, 4) is 5.75 Å². The molecule has 25 heavy (non-hydrogen) atoms. The van der Waals surface area contributed by atoms with Crippen LogP contribution in [0.1, 0.15) is 27.3 Å². The third-order valence-electron chi connectivity index (χ3n) is 3.58. The van der Waals surface area contributed by atoms with Gasteiger partial charge in [-0.25, -0.2) is 4.39 Å². The fraction of sp³-hybridized carbons (Fsp3) is 0.167. The molecule has 0 aliphatic heterocycles. The third-order valence-corrected chi connectivity index (χ3v) is 4.24. The first-order chi connectivity index (χ1) is 12.1. The Morgan fingerprint density at radius 3 is 2.72 bits per heavy atom. The van der Waals surface area contributed by atoms with Gasteiger partial charge in [-0.05, 0) is 42.8 Å². The van der Waals surface area contributed by atoms with E-state index >= 15 is 0 Å². The Hall–Kier alpha value is -2.80. The Morgan fingerprint density at radius 1 is 1.20 bits per heavy atom. The Bertz CT molecular complexity index is 865. The lowest BCUT2D eigenvalue weighted by atomic mass is 10.2. The quantitative estimate of drug-likeness (QED) is 0.733. The maximum absolute atomic E-state index is 12.9. The van der Waals surface area contributed by atoms with Crippen LogP contribution in [0.2, 0.25) is 0 Å². The molecule has 7 heteroatoms. The summed E-state index contributed by atoms with van der Waals surface area (Å²) < 4.78 is 26.8. The van der Waals surface area contributed by atoms with E-state index in [1.165, 1.54) is 12.1 Å². The molecule has 0 aliphatic rings. The minimum absolute atomic E-state index is 0.221. The highest BCUT2D eigenvalue weighted by Crippen LogP contribution is 2.16. The summed E-state index contributed by atoms with van der Waals surface area (Å²) in [6, 6.07) is 12.9. The van der Waals surface area contributed by atoms with Gasteiger partial charge < -0.3 is 10.1 Å². The van der Waals surface area contributed by atoms with Crippen molar-refractivity contribution in [2.24, 2.45) is 0 Å². The zero-order valence-corrected chi connectivity index (χ0v) is 14.3. The van der Waals surface area contributed by atoms with Crippen molar-refractivity contribution >= 4 is 17.6 Å². The summed E-state index contributed by atoms with van der Waals surface area (Å²) >= 11 is 1.15. The largest absolute Gasteiger partial charge is 0.487 e. The van der Waals surface area contributed by atoms with Crippen molar-refractivity contribution in [2.45, 2.75) is 20.1 Å². The molecule has 3 aromatic rings. The average molecular weight is 357 g/mol. The van der Waals surface area contributed by atoms with E-state index in [9.17, 15) is 9.18 Å². The number of carbonyl (C=O) groups excluding carboxylic acids is 1. The topological polar surface area (TPSA) is 64.1 Å². The van der Waals surface area contributed by atoms with Crippen LogP contribution in [0, 0.1) is 12.7 Å². The highest BCUT2D eigenvalue weighted by Gasteiger charge is 2.08. The number of amides is 1. The van der Waals surface area contributed by atoms with Gasteiger partial charge in [0.1, 0.15) is 23.9 Å². The fourth-order valence-corrected chi connectivity index (χ4v) is 2.70. The number of carbonyl (C=O) groups is 1. The third kappa shape index (κ3) is 4.60. The minimum atomic E-state index is -0.300. The van der Waals surface area contributed by atoms with E-state index in [1.54, 1.807) is 36.4 Å². The Balaban J connectivity index is 1.59. The number of benzene rings is 2. The van der Waals surface area contributed by atoms with Crippen LogP contribution in [-0.4, -0.2) is 14.7 Å². The number of ether oxygens (including phenoxy) is 1. The van der Waals surface area contributed by atoms with Crippen LogP contribution in [0.25, 0.3) is 0 Å². The number of hydrogen-bond acceptors (Lipinski definition) is 5. The van der Waals surface area contributed by atoms with Crippen molar-refractivity contribution < 1.29 is 13.9 Å². The monoisotopic (exact) mass is 357 g/mol. The summed E-state index contributed by atoms with van der Waals surface area (Å²) in [5, 5.41) is 2.80. The fourth-order valence-electron chi connectivity index (χ4n) is 2.15. The van der Waals surface area contributed by atoms with Crippen LogP contribution in [0.5, 0.6) is 5.75 Å². The highest BCUT2D eigenvalue weighted by molar-refractivity contribution is 6.99. The van der Waals surface area contributed by atoms with Gasteiger partial charge in [-0.15, -0.1) is 0 Å². The number of nitrogens with one attached hydrogen (secondary N) is 1. The molecule has 0 atom stereocenters. The van der Waals surface area contributed by atoms with Crippen LogP contribution in [0.3, 0.4) is 0 Å². The predicted molar refractivity (Wildman–Crippen MR) is 93.0 cm³/mol. The average Bonchev–Trinajstić information content (AvgIpc) is 3.04. The van der Waals surface area contributed by atoms with Gasteiger partial charge in [-0.3, -0.25) is 4.79 Å². The van der Waals surface area contributed by atoms with E-state index in [1.807, 2.05) is 6.92 Å². The first-order valence-electron chi connectivity index (χ1n) is 7.65. The van der Waals surface area contributed by atoms with Gasteiger partial charge in [0.05, 0.1) is 17.4 Å². The van der Waals surface area contributed by atoms with Gasteiger partial charge in [0.25, 0.3) is 5.91 Å². The molecule has 0 fully saturated rings. The van der Waals surface area contributed by atoms with Crippen molar-refractivity contribution in [3.63, 3.8) is 0 Å². The molecule has 128 valence electrons. The first kappa shape index (κ1) is 17.0. The SMILES string of the molecule is Cc1nsnc1COc1cccc(C(=O)NCc2ccc(F)cc2)c1. The van der Waals surface area contributed by atoms with Gasteiger partial charge in [-0.2, -0.15) is 8.75 Å². The molecule has 0 bridgehead atoms. The van der Waals surface area contributed by atoms with E-state index in [4.69, 9.17) is 4.74 Å². The summed E-state index contributed by atoms with van der Waals surface area (Å²) in [6.07, 6.45) is 0. The van der Waals surface area contributed by atoms with Gasteiger partial charge >= 0.3 is 0 Å². The lowest BCUT2D eigenvalue weighted by Crippen LogP contribution is -2.22. The summed E-state index contributed by atoms with van der Waals surface area (Å²) in [4.78, 5) is 12.3. The van der Waals surface area contributed by atoms with E-state index < -0.39 is 0 Å². The lowest BCUT2D eigenvalue weighted by molar-refractivity contribution is 0.0950. The molecule has 0 unspecified atom stereocenters. The maximum Gasteiger partial charge on any atom is 0.251 e. The number of nitrogens with zero attached hydrogens (tertiary/aromatic N) is 2. The predicted octanol–water partition coefficient (Wildman–Crippen LogP) is 3.49. The van der Waals surface area contributed by atoms with Gasteiger partial charge in [0, 0.05) is 12.1 Å². The van der Waals surface area contributed by atoms with E-state index in [0.29, 0.717) is 24.5 Å². The van der Waals surface area contributed by atoms with Crippen molar-refractivity contribution in [1.82, 2.24) is 14.1 Å². The van der Waals surface area contributed by atoms with E-state index in [2.05, 4.69) is 14.1 Å². The van der Waals surface area contributed by atoms with Gasteiger partial charge in [-0.1, -0.05) is 18.2 Å². The molecule has 2 aromatic carbocycles. The van der Waals surface area contributed by atoms with E-state index in [-0.39, 0.29) is 11.7 Å². The minimum Gasteiger partial charge on any atom is -0.487 e. The maximum atomic E-state index is 12.9. The number of rotatable bonds is 6. The Kier molecular flexibility index (Phi) is 5.35. The second-order valence-electron chi connectivity index (χ2n) is 5.42. The Labute approximate surface area is 148 Å². The number of aryl methyl sites for hydroxylation is 1. The lowest BCUT2D eigenvalue weighted by Gasteiger charge is -2.08. The van der Waals surface area contributed by atoms with Crippen LogP contribution in [-0.2, 0) is 13.2 Å². The van der Waals surface area contributed by atoms with Crippen molar-refractivity contribution in [2.75, 3.05) is 0 Å². The summed E-state index contributed by atoms with van der Waals surface area (Å²) in [6.45, 7) is 2.51. The molecule has 3 rings (SSSR count). The van der Waals surface area contributed by atoms with Gasteiger partial charge in [0.15, 0.2) is 0 Å². The summed E-state index contributed by atoms with van der Waals surface area (Å²) in [5.74, 6) is 0.0635. The molecular formula is C18H16FN3O2S. The highest BCUT2D eigenvalue weighted by atomic mass is 32.1. The second kappa shape index (κ2) is 7.85. The summed E-state index contributed by atoms with van der Waals surface area (Å²) in [5.41, 5.74) is 2.95. The molecule has 0 aliphatic carbocycles. The summed E-state index contributed by atoms with van der Waals surface area (Å²) in [7, 11) is 0. The van der Waals surface area contributed by atoms with Gasteiger partial charge in [0.2, 0.25) is 0 Å². The molecule has 1 aromatic heterocycles. The molecule has 1 amide bonds. The van der Waals surface area contributed by atoms with Crippen LogP contribution < -0.4 is 10.1 Å². The molecule has 1 heterocycles. The smallest absolute Gasteiger partial charge is 0.251 e. The second-order valence-corrected chi connectivity index (χ2v) is 5.95. The van der Waals surface area contributed by atoms with E-state index in [0.717, 1.165) is 28.7 Å². The molecule has 0 radical (unpaired) electrons. The van der Waals surface area contributed by atoms with Crippen molar-refractivity contribution in [1.29, 1.82) is 0 Å². The van der Waals surface area contributed by atoms with Crippen LogP contribution in [0.4, 0.5) is 4.39 Å². The Morgan fingerprint density at radius 2 is 2.00 bits per heavy atom. The number of hydrogen-bond donors (Lipinski definition) is 1. The standard InChI is InChI=1S/C18H16FN3O2S/c1-12-17(22-25-21-12)11-24-16-4-2-3-14(9-16)18(23)20-10-13-5-7-15(19)8-6-13/h2-9H,10-11H2,1H3,(H,20,23). The molecule has 1 N–H and O–H groups in total. The molecule has 0 saturated heterocycles. The normalized spacial score (nSPS) is 10.5. The number of aromatic nitrogens is 2. The molecular weight excluding hydrogens is 341 g/mol. The zero-order chi connectivity index (χ0) is 17.6. The van der Waals surface area contributed by atoms with Crippen LogP contribution in [0.15, 0.2) is 48.5 Å². The van der Waals surface area contributed by atoms with Crippen LogP contribution >= 0.6 is 11.7 Å². The first-order valence-corrected chi connectivity index (χ1v) is 8.38. The molecule has 5 nitrogen and oxygen atoms in total. The number of halogens is 1. The zero-order valence-electron chi connectivity index (χ0n) is 13.5. The molecule has 0 saturated carbocycles. The molecule has 0 spiro atoms.